The lowest BCUT2D eigenvalue weighted by Crippen LogP contribution is -1.99. The van der Waals surface area contributed by atoms with Crippen molar-refractivity contribution in [2.45, 2.75) is 0 Å². The lowest BCUT2D eigenvalue weighted by molar-refractivity contribution is 0.454. The summed E-state index contributed by atoms with van der Waals surface area (Å²) in [4.78, 5) is 1.28. The third kappa shape index (κ3) is 2.71. The smallest absolute Gasteiger partial charge is 0.537 e. The maximum absolute atomic E-state index is 9.16. The molecule has 1 N–H and O–H groups in total. The summed E-state index contributed by atoms with van der Waals surface area (Å²) in [5.41, 5.74) is 4.60. The fourth-order valence-electron chi connectivity index (χ4n) is 4.93. The zero-order valence-electron chi connectivity index (χ0n) is 17.4. The maximum atomic E-state index is 9.16. The molecule has 153 valence electrons. The van der Waals surface area contributed by atoms with E-state index in [0.29, 0.717) is 5.75 Å². The molecule has 5 heteroatoms. The summed E-state index contributed by atoms with van der Waals surface area (Å²) in [7, 11) is 0.727. The predicted octanol–water partition coefficient (Wildman–Crippen LogP) is 6.90. The van der Waals surface area contributed by atoms with Gasteiger partial charge in [0.15, 0.2) is 0 Å². The second-order valence-corrected chi connectivity index (χ2v) is 9.18. The van der Waals surface area contributed by atoms with Gasteiger partial charge in [0.25, 0.3) is 0 Å². The van der Waals surface area contributed by atoms with Gasteiger partial charge in [-0.3, -0.25) is 0 Å². The molecule has 0 saturated carbocycles. The molecule has 0 unspecified atom stereocenters. The van der Waals surface area contributed by atoms with Crippen LogP contribution in [0.5, 0.6) is 5.75 Å². The fraction of sp³-hybridized carbons (Fsp3) is 0. The zero-order chi connectivity index (χ0) is 21.9. The van der Waals surface area contributed by atoms with E-state index in [1.54, 1.807) is 0 Å². The van der Waals surface area contributed by atoms with Crippen LogP contribution in [0.1, 0.15) is 10.4 Å². The summed E-state index contributed by atoms with van der Waals surface area (Å²) in [5, 5.41) is 15.1. The molecule has 7 rings (SSSR count). The maximum Gasteiger partial charge on any atom is 0.569 e. The topological polar surface area (TPSA) is 34.4 Å². The van der Waals surface area contributed by atoms with Gasteiger partial charge in [0.05, 0.1) is 27.2 Å². The summed E-state index contributed by atoms with van der Waals surface area (Å²) in [6, 6.07) is 25.4. The first-order chi connectivity index (χ1) is 16.3. The Morgan fingerprint density at radius 3 is 2.61 bits per heavy atom. The summed E-state index contributed by atoms with van der Waals surface area (Å²) >= 11 is 1.83. The second kappa shape index (κ2) is 7.06. The van der Waals surface area contributed by atoms with Crippen LogP contribution >= 0.6 is 11.3 Å². The Morgan fingerprint density at radius 2 is 1.73 bits per heavy atom. The second-order valence-electron chi connectivity index (χ2n) is 8.13. The van der Waals surface area contributed by atoms with E-state index in [1.165, 1.54) is 31.3 Å². The number of para-hydroxylation sites is 1. The number of nitrogens with zero attached hydrogens (tertiary/aromatic N) is 1. The van der Waals surface area contributed by atoms with E-state index in [4.69, 9.17) is 9.68 Å². The molecule has 0 atom stereocenters. The normalized spacial score (nSPS) is 12.5. The van der Waals surface area contributed by atoms with Crippen molar-refractivity contribution in [3.63, 3.8) is 0 Å². The number of fused-ring (bicyclic) bond motifs is 8. The highest BCUT2D eigenvalue weighted by Crippen LogP contribution is 2.42. The van der Waals surface area contributed by atoms with Gasteiger partial charge in [0.1, 0.15) is 28.3 Å². The Labute approximate surface area is 194 Å². The van der Waals surface area contributed by atoms with Crippen molar-refractivity contribution in [3.05, 3.63) is 95.4 Å². The van der Waals surface area contributed by atoms with Crippen LogP contribution in [0.3, 0.4) is 0 Å². The highest BCUT2D eigenvalue weighted by atomic mass is 32.1. The summed E-state index contributed by atoms with van der Waals surface area (Å²) in [6.45, 7) is 0. The highest BCUT2D eigenvalue weighted by molar-refractivity contribution is 7.21. The van der Waals surface area contributed by atoms with Gasteiger partial charge in [-0.05, 0) is 53.9 Å². The number of benzene rings is 4. The largest absolute Gasteiger partial charge is 0.569 e. The molecule has 2 aromatic heterocycles. The van der Waals surface area contributed by atoms with Crippen molar-refractivity contribution in [1.29, 1.82) is 0 Å². The van der Waals surface area contributed by atoms with Crippen LogP contribution in [0.4, 0.5) is 0 Å². The monoisotopic (exact) mass is 441 g/mol. The number of hydrogen-bond acceptors (Lipinski definition) is 3. The molecule has 4 aromatic carbocycles. The minimum Gasteiger partial charge on any atom is -0.537 e. The molecule has 33 heavy (non-hydrogen) atoms. The molecular formula is C28H16BNO2S+. The Bertz CT molecular complexity index is 1780. The van der Waals surface area contributed by atoms with E-state index >= 15 is 0 Å². The van der Waals surface area contributed by atoms with Crippen molar-refractivity contribution in [1.82, 2.24) is 4.57 Å². The van der Waals surface area contributed by atoms with Gasteiger partial charge < -0.3 is 14.2 Å². The first kappa shape index (κ1) is 18.7. The van der Waals surface area contributed by atoms with Gasteiger partial charge in [0.2, 0.25) is 0 Å². The van der Waals surface area contributed by atoms with Crippen molar-refractivity contribution in [2.24, 2.45) is 0 Å². The Morgan fingerprint density at radius 1 is 0.848 bits per heavy atom. The van der Waals surface area contributed by atoms with Crippen LogP contribution in [-0.2, 0) is 0 Å². The van der Waals surface area contributed by atoms with Gasteiger partial charge in [-0.25, -0.2) is 0 Å². The molecular weight excluding hydrogens is 425 g/mol. The molecule has 0 bridgehead atoms. The highest BCUT2D eigenvalue weighted by Gasteiger charge is 2.21. The molecule has 1 aliphatic rings. The molecule has 1 aliphatic carbocycles. The Kier molecular flexibility index (Phi) is 3.99. The van der Waals surface area contributed by atoms with E-state index in [1.807, 2.05) is 35.6 Å². The number of hydrogen-bond donors (Lipinski definition) is 1. The summed E-state index contributed by atoms with van der Waals surface area (Å²) < 4.78 is 8.88. The number of aromatic nitrogens is 1. The lowest BCUT2D eigenvalue weighted by Gasteiger charge is -2.08. The molecule has 0 aliphatic heterocycles. The first-order valence-corrected chi connectivity index (χ1v) is 11.5. The standard InChI is InChI=1S/C28H16BNO2S/c31-29-32-19-11-13-25-23(15-19)24-16-22-17(14-26(24)30(25)18-6-2-1-3-7-18)10-12-21-20-8-4-5-9-27(20)33-28(21)22/h1-3,5-16,31H/q+1. The van der Waals surface area contributed by atoms with Crippen molar-refractivity contribution < 1.29 is 9.68 Å². The average molecular weight is 441 g/mol. The fourth-order valence-corrected chi connectivity index (χ4v) is 6.14. The van der Waals surface area contributed by atoms with Gasteiger partial charge in [-0.2, -0.15) is 0 Å². The molecule has 0 fully saturated rings. The molecule has 0 saturated heterocycles. The van der Waals surface area contributed by atoms with Crippen molar-refractivity contribution in [3.8, 4) is 11.4 Å². The summed E-state index contributed by atoms with van der Waals surface area (Å²) in [5.74, 6) is 0.604. The van der Waals surface area contributed by atoms with Crippen LogP contribution in [0.25, 0.3) is 60.5 Å². The molecule has 6 aromatic rings. The number of thiophene rings is 1. The summed E-state index contributed by atoms with van der Waals surface area (Å²) in [6.07, 6.45) is 9.42. The van der Waals surface area contributed by atoms with Crippen molar-refractivity contribution in [2.75, 3.05) is 0 Å². The predicted molar refractivity (Wildman–Crippen MR) is 139 cm³/mol. The number of allylic oxidation sites excluding steroid dienone is 2. The SMILES string of the molecule is O[B]Oc1ccc2c(c1)c1cc3c(ccc4c5c(sc43)C=C[C+]=C5)cc1n2-c1ccccc1. The minimum atomic E-state index is 0.604. The van der Waals surface area contributed by atoms with Gasteiger partial charge >= 0.3 is 7.69 Å². The van der Waals surface area contributed by atoms with E-state index < -0.39 is 0 Å². The first-order valence-electron chi connectivity index (χ1n) is 10.7. The van der Waals surface area contributed by atoms with Crippen LogP contribution in [-0.4, -0.2) is 17.3 Å². The van der Waals surface area contributed by atoms with Gasteiger partial charge in [0, 0.05) is 27.9 Å². The van der Waals surface area contributed by atoms with Crippen LogP contribution in [0.15, 0.2) is 78.9 Å². The quantitative estimate of drug-likeness (QED) is 0.240. The van der Waals surface area contributed by atoms with Crippen LogP contribution < -0.4 is 4.65 Å². The molecule has 0 amide bonds. The van der Waals surface area contributed by atoms with Crippen LogP contribution in [0.2, 0.25) is 0 Å². The average Bonchev–Trinajstić information content (AvgIpc) is 3.39. The third-order valence-corrected chi connectivity index (χ3v) is 7.58. The number of rotatable bonds is 3. The lowest BCUT2D eigenvalue weighted by atomic mass is 10.0. The van der Waals surface area contributed by atoms with Crippen LogP contribution in [0, 0.1) is 6.08 Å². The Balaban J connectivity index is 1.63. The third-order valence-electron chi connectivity index (χ3n) is 6.36. The molecule has 1 radical (unpaired) electrons. The van der Waals surface area contributed by atoms with Gasteiger partial charge in [-0.1, -0.05) is 24.3 Å². The van der Waals surface area contributed by atoms with Gasteiger partial charge in [-0.15, -0.1) is 11.3 Å². The van der Waals surface area contributed by atoms with E-state index in [0.717, 1.165) is 35.2 Å². The molecule has 3 nitrogen and oxygen atoms in total. The van der Waals surface area contributed by atoms with E-state index in [-0.39, 0.29) is 0 Å². The Hall–Kier alpha value is -3.89. The van der Waals surface area contributed by atoms with E-state index in [2.05, 4.69) is 77.4 Å². The minimum absolute atomic E-state index is 0.604. The molecule has 0 spiro atoms. The van der Waals surface area contributed by atoms with Crippen molar-refractivity contribution >= 4 is 73.8 Å². The van der Waals surface area contributed by atoms with E-state index in [9.17, 15) is 0 Å². The zero-order valence-corrected chi connectivity index (χ0v) is 18.3. The molecule has 2 heterocycles.